The molecule has 0 unspecified atom stereocenters. The van der Waals surface area contributed by atoms with Gasteiger partial charge in [-0.1, -0.05) is 42.2 Å². The van der Waals surface area contributed by atoms with Crippen LogP contribution in [0, 0.1) is 19.8 Å². The number of aliphatic imine (C=N–C) groups is 1. The van der Waals surface area contributed by atoms with E-state index in [1.807, 2.05) is 7.05 Å². The van der Waals surface area contributed by atoms with E-state index in [4.69, 9.17) is 0 Å². The van der Waals surface area contributed by atoms with E-state index in [1.54, 1.807) is 0 Å². The predicted molar refractivity (Wildman–Crippen MR) is 86.3 cm³/mol. The highest BCUT2D eigenvalue weighted by molar-refractivity contribution is 5.79. The lowest BCUT2D eigenvalue weighted by Crippen LogP contribution is -2.38. The van der Waals surface area contributed by atoms with Crippen molar-refractivity contribution in [2.45, 2.75) is 39.5 Å². The van der Waals surface area contributed by atoms with Crippen LogP contribution in [0.15, 0.2) is 23.2 Å². The van der Waals surface area contributed by atoms with E-state index in [-0.39, 0.29) is 0 Å². The van der Waals surface area contributed by atoms with Gasteiger partial charge in [-0.25, -0.2) is 0 Å². The molecule has 3 heteroatoms. The highest BCUT2D eigenvalue weighted by Crippen LogP contribution is 2.31. The average Bonchev–Trinajstić information content (AvgIpc) is 3.20. The molecule has 2 rings (SSSR count). The average molecular weight is 273 g/mol. The van der Waals surface area contributed by atoms with Gasteiger partial charge < -0.3 is 10.6 Å². The number of hydrogen-bond donors (Lipinski definition) is 2. The Morgan fingerprint density at radius 2 is 1.75 bits per heavy atom. The molecular formula is C17H27N3. The van der Waals surface area contributed by atoms with Crippen LogP contribution in [-0.2, 0) is 6.42 Å². The molecule has 1 aliphatic rings. The van der Waals surface area contributed by atoms with E-state index >= 15 is 0 Å². The number of nitrogens with one attached hydrogen (secondary N) is 2. The number of benzene rings is 1. The Bertz CT molecular complexity index is 441. The van der Waals surface area contributed by atoms with E-state index < -0.39 is 0 Å². The Hall–Kier alpha value is -1.51. The zero-order valence-corrected chi connectivity index (χ0v) is 13.0. The summed E-state index contributed by atoms with van der Waals surface area (Å²) < 4.78 is 0. The fourth-order valence-electron chi connectivity index (χ4n) is 2.56. The molecular weight excluding hydrogens is 246 g/mol. The van der Waals surface area contributed by atoms with Crippen LogP contribution in [-0.4, -0.2) is 26.1 Å². The molecule has 0 atom stereocenters. The van der Waals surface area contributed by atoms with Crippen molar-refractivity contribution < 1.29 is 0 Å². The maximum Gasteiger partial charge on any atom is 0.190 e. The first-order chi connectivity index (χ1) is 9.67. The molecule has 1 aromatic rings. The molecule has 1 fully saturated rings. The van der Waals surface area contributed by atoms with Crippen LogP contribution < -0.4 is 10.6 Å². The Morgan fingerprint density at radius 3 is 2.35 bits per heavy atom. The van der Waals surface area contributed by atoms with Crippen molar-refractivity contribution in [1.82, 2.24) is 10.6 Å². The van der Waals surface area contributed by atoms with Crippen LogP contribution >= 0.6 is 0 Å². The van der Waals surface area contributed by atoms with Gasteiger partial charge in [0.05, 0.1) is 0 Å². The number of nitrogens with zero attached hydrogens (tertiary/aromatic N) is 1. The van der Waals surface area contributed by atoms with Crippen molar-refractivity contribution in [1.29, 1.82) is 0 Å². The Labute approximate surface area is 122 Å². The number of aryl methyl sites for hydroxylation is 2. The zero-order valence-electron chi connectivity index (χ0n) is 13.0. The van der Waals surface area contributed by atoms with Crippen LogP contribution in [0.2, 0.25) is 0 Å². The highest BCUT2D eigenvalue weighted by atomic mass is 15.2. The smallest absolute Gasteiger partial charge is 0.190 e. The lowest BCUT2D eigenvalue weighted by Gasteiger charge is -2.12. The van der Waals surface area contributed by atoms with Crippen LogP contribution in [0.4, 0.5) is 0 Å². The minimum absolute atomic E-state index is 0.923. The maximum atomic E-state index is 4.27. The first-order valence-corrected chi connectivity index (χ1v) is 7.69. The predicted octanol–water partition coefficient (Wildman–Crippen LogP) is 2.81. The fraction of sp³-hybridized carbons (Fsp3) is 0.588. The van der Waals surface area contributed by atoms with Gasteiger partial charge >= 0.3 is 0 Å². The number of guanidine groups is 1. The monoisotopic (exact) mass is 273 g/mol. The molecule has 1 saturated carbocycles. The standard InChI is InChI=1S/C17H27N3/c1-13-10-14(2)12-16(11-13)7-9-20-17(18-3)19-8-6-15-4-5-15/h10-12,15H,4-9H2,1-3H3,(H2,18,19,20). The second kappa shape index (κ2) is 7.32. The molecule has 110 valence electrons. The summed E-state index contributed by atoms with van der Waals surface area (Å²) in [6.07, 6.45) is 5.14. The van der Waals surface area contributed by atoms with Gasteiger partial charge in [0.2, 0.25) is 0 Å². The van der Waals surface area contributed by atoms with Crippen molar-refractivity contribution in [2.75, 3.05) is 20.1 Å². The summed E-state index contributed by atoms with van der Waals surface area (Å²) in [6, 6.07) is 6.74. The topological polar surface area (TPSA) is 36.4 Å². The molecule has 0 bridgehead atoms. The molecule has 0 aliphatic heterocycles. The normalized spacial score (nSPS) is 15.2. The van der Waals surface area contributed by atoms with Gasteiger partial charge in [-0.05, 0) is 38.2 Å². The minimum Gasteiger partial charge on any atom is -0.356 e. The van der Waals surface area contributed by atoms with Gasteiger partial charge in [-0.2, -0.15) is 0 Å². The lowest BCUT2D eigenvalue weighted by molar-refractivity contribution is 0.684. The Kier molecular flexibility index (Phi) is 5.45. The fourth-order valence-corrected chi connectivity index (χ4v) is 2.56. The van der Waals surface area contributed by atoms with Crippen molar-refractivity contribution in [3.8, 4) is 0 Å². The lowest BCUT2D eigenvalue weighted by atomic mass is 10.1. The molecule has 1 aliphatic carbocycles. The molecule has 1 aromatic carbocycles. The molecule has 0 heterocycles. The van der Waals surface area contributed by atoms with Crippen LogP contribution in [0.25, 0.3) is 0 Å². The van der Waals surface area contributed by atoms with Crippen LogP contribution in [0.1, 0.15) is 36.0 Å². The third-order valence-corrected chi connectivity index (χ3v) is 3.75. The highest BCUT2D eigenvalue weighted by Gasteiger charge is 2.20. The quantitative estimate of drug-likeness (QED) is 0.617. The molecule has 0 amide bonds. The second-order valence-corrected chi connectivity index (χ2v) is 5.90. The number of hydrogen-bond acceptors (Lipinski definition) is 1. The van der Waals surface area contributed by atoms with E-state index in [2.05, 4.69) is 47.7 Å². The summed E-state index contributed by atoms with van der Waals surface area (Å²) in [5, 5.41) is 6.78. The Morgan fingerprint density at radius 1 is 1.10 bits per heavy atom. The van der Waals surface area contributed by atoms with Gasteiger partial charge in [-0.3, -0.25) is 4.99 Å². The van der Waals surface area contributed by atoms with Gasteiger partial charge in [0.15, 0.2) is 5.96 Å². The summed E-state index contributed by atoms with van der Waals surface area (Å²) in [5.41, 5.74) is 4.07. The van der Waals surface area contributed by atoms with Crippen LogP contribution in [0.3, 0.4) is 0 Å². The Balaban J connectivity index is 1.69. The van der Waals surface area contributed by atoms with E-state index in [0.717, 1.165) is 31.4 Å². The molecule has 20 heavy (non-hydrogen) atoms. The minimum atomic E-state index is 0.923. The zero-order chi connectivity index (χ0) is 14.4. The maximum absolute atomic E-state index is 4.27. The van der Waals surface area contributed by atoms with Gasteiger partial charge in [0.1, 0.15) is 0 Å². The van der Waals surface area contributed by atoms with Crippen molar-refractivity contribution in [3.63, 3.8) is 0 Å². The third-order valence-electron chi connectivity index (χ3n) is 3.75. The van der Waals surface area contributed by atoms with Crippen molar-refractivity contribution >= 4 is 5.96 Å². The first-order valence-electron chi connectivity index (χ1n) is 7.69. The van der Waals surface area contributed by atoms with Gasteiger partial charge in [-0.15, -0.1) is 0 Å². The van der Waals surface area contributed by atoms with Crippen molar-refractivity contribution in [3.05, 3.63) is 34.9 Å². The third kappa shape index (κ3) is 5.24. The van der Waals surface area contributed by atoms with Crippen molar-refractivity contribution in [2.24, 2.45) is 10.9 Å². The summed E-state index contributed by atoms with van der Waals surface area (Å²) in [6.45, 7) is 6.27. The first kappa shape index (κ1) is 14.9. The van der Waals surface area contributed by atoms with E-state index in [1.165, 1.54) is 36.0 Å². The second-order valence-electron chi connectivity index (χ2n) is 5.90. The molecule has 0 spiro atoms. The summed E-state index contributed by atoms with van der Waals surface area (Å²) in [4.78, 5) is 4.27. The number of rotatable bonds is 6. The van der Waals surface area contributed by atoms with Gasteiger partial charge in [0, 0.05) is 20.1 Å². The molecule has 0 aromatic heterocycles. The summed E-state index contributed by atoms with van der Waals surface area (Å²) in [7, 11) is 1.84. The largest absolute Gasteiger partial charge is 0.356 e. The molecule has 0 saturated heterocycles. The van der Waals surface area contributed by atoms with E-state index in [0.29, 0.717) is 0 Å². The summed E-state index contributed by atoms with van der Waals surface area (Å²) >= 11 is 0. The SMILES string of the molecule is CN=C(NCCc1cc(C)cc(C)c1)NCCC1CC1. The molecule has 2 N–H and O–H groups in total. The summed E-state index contributed by atoms with van der Waals surface area (Å²) in [5.74, 6) is 1.89. The molecule has 3 nitrogen and oxygen atoms in total. The van der Waals surface area contributed by atoms with Gasteiger partial charge in [0.25, 0.3) is 0 Å². The van der Waals surface area contributed by atoms with E-state index in [9.17, 15) is 0 Å². The molecule has 0 radical (unpaired) electrons. The van der Waals surface area contributed by atoms with Crippen LogP contribution in [0.5, 0.6) is 0 Å².